The standard InChI is InChI=1S/C16H22N2O2S/c1-20-4-2-18-3-5-21-15(18)17-14(19)16-9-11-6-12(10-16)8-13(16)7-11/h3,5,11-13H,2,4,6-10H2,1H3. The van der Waals surface area contributed by atoms with Gasteiger partial charge >= 0.3 is 0 Å². The van der Waals surface area contributed by atoms with Crippen molar-refractivity contribution in [1.29, 1.82) is 0 Å². The molecule has 2 unspecified atom stereocenters. The Labute approximate surface area is 128 Å². The second kappa shape index (κ2) is 5.06. The summed E-state index contributed by atoms with van der Waals surface area (Å²) in [6, 6.07) is 0. The fourth-order valence-electron chi connectivity index (χ4n) is 5.09. The van der Waals surface area contributed by atoms with Crippen LogP contribution in [-0.4, -0.2) is 24.2 Å². The van der Waals surface area contributed by atoms with Crippen LogP contribution < -0.4 is 4.80 Å². The summed E-state index contributed by atoms with van der Waals surface area (Å²) in [6.45, 7) is 1.41. The van der Waals surface area contributed by atoms with E-state index in [2.05, 4.69) is 4.99 Å². The molecule has 4 bridgehead atoms. The molecule has 0 aliphatic heterocycles. The summed E-state index contributed by atoms with van der Waals surface area (Å²) in [6.07, 6.45) is 8.09. The first-order valence-electron chi connectivity index (χ1n) is 7.93. The average molecular weight is 306 g/mol. The number of ether oxygens (including phenoxy) is 1. The molecule has 0 saturated heterocycles. The smallest absolute Gasteiger partial charge is 0.254 e. The zero-order valence-electron chi connectivity index (χ0n) is 12.5. The van der Waals surface area contributed by atoms with E-state index in [0.717, 1.165) is 36.0 Å². The van der Waals surface area contributed by atoms with E-state index in [1.54, 1.807) is 18.4 Å². The summed E-state index contributed by atoms with van der Waals surface area (Å²) in [5.41, 5.74) is -0.101. The van der Waals surface area contributed by atoms with Crippen LogP contribution in [0.3, 0.4) is 0 Å². The molecule has 4 aliphatic carbocycles. The molecule has 1 aromatic heterocycles. The Hall–Kier alpha value is -0.940. The highest BCUT2D eigenvalue weighted by Crippen LogP contribution is 2.65. The van der Waals surface area contributed by atoms with Crippen LogP contribution >= 0.6 is 11.3 Å². The van der Waals surface area contributed by atoms with Crippen molar-refractivity contribution in [2.75, 3.05) is 13.7 Å². The molecule has 0 aromatic carbocycles. The maximum Gasteiger partial charge on any atom is 0.254 e. The molecular weight excluding hydrogens is 284 g/mol. The molecule has 4 saturated carbocycles. The number of rotatable bonds is 4. The molecule has 1 aromatic rings. The van der Waals surface area contributed by atoms with E-state index in [0.29, 0.717) is 12.5 Å². The van der Waals surface area contributed by atoms with Gasteiger partial charge in [0.25, 0.3) is 5.91 Å². The first-order chi connectivity index (χ1) is 10.2. The normalized spacial score (nSPS) is 37.6. The molecule has 2 atom stereocenters. The Kier molecular flexibility index (Phi) is 3.30. The van der Waals surface area contributed by atoms with Crippen molar-refractivity contribution in [3.63, 3.8) is 0 Å². The van der Waals surface area contributed by atoms with Gasteiger partial charge in [-0.2, -0.15) is 4.99 Å². The zero-order chi connectivity index (χ0) is 14.4. The summed E-state index contributed by atoms with van der Waals surface area (Å²) in [5, 5.41) is 2.00. The number of nitrogens with zero attached hydrogens (tertiary/aromatic N) is 2. The molecule has 0 radical (unpaired) electrons. The van der Waals surface area contributed by atoms with E-state index >= 15 is 0 Å². The Morgan fingerprint density at radius 2 is 2.19 bits per heavy atom. The summed E-state index contributed by atoms with van der Waals surface area (Å²) >= 11 is 1.55. The monoisotopic (exact) mass is 306 g/mol. The van der Waals surface area contributed by atoms with E-state index in [-0.39, 0.29) is 11.3 Å². The van der Waals surface area contributed by atoms with Crippen molar-refractivity contribution in [3.8, 4) is 0 Å². The van der Waals surface area contributed by atoms with Crippen LogP contribution in [0.25, 0.3) is 0 Å². The second-order valence-corrected chi connectivity index (χ2v) is 7.86. The van der Waals surface area contributed by atoms with Crippen LogP contribution in [-0.2, 0) is 16.1 Å². The maximum atomic E-state index is 12.9. The Morgan fingerprint density at radius 1 is 1.43 bits per heavy atom. The van der Waals surface area contributed by atoms with Crippen molar-refractivity contribution in [2.24, 2.45) is 28.2 Å². The Morgan fingerprint density at radius 3 is 2.90 bits per heavy atom. The fraction of sp³-hybridized carbons (Fsp3) is 0.750. The molecule has 1 amide bonds. The first kappa shape index (κ1) is 13.7. The van der Waals surface area contributed by atoms with Gasteiger partial charge < -0.3 is 9.30 Å². The van der Waals surface area contributed by atoms with Crippen LogP contribution in [0.1, 0.15) is 32.1 Å². The van der Waals surface area contributed by atoms with Crippen molar-refractivity contribution in [2.45, 2.75) is 38.6 Å². The summed E-state index contributed by atoms with van der Waals surface area (Å²) in [4.78, 5) is 18.3. The van der Waals surface area contributed by atoms with Crippen molar-refractivity contribution >= 4 is 17.2 Å². The number of aromatic nitrogens is 1. The third-order valence-corrected chi connectivity index (χ3v) is 6.60. The molecule has 0 spiro atoms. The zero-order valence-corrected chi connectivity index (χ0v) is 13.3. The highest BCUT2D eigenvalue weighted by molar-refractivity contribution is 7.07. The Balaban J connectivity index is 1.62. The SMILES string of the molecule is COCCn1ccsc1=NC(=O)C12CC3CC(CC1C3)C2. The van der Waals surface area contributed by atoms with E-state index < -0.39 is 0 Å². The maximum absolute atomic E-state index is 12.9. The minimum absolute atomic E-state index is 0.101. The third-order valence-electron chi connectivity index (χ3n) is 5.81. The molecular formula is C16H22N2O2S. The average Bonchev–Trinajstić information content (AvgIpc) is 3.07. The van der Waals surface area contributed by atoms with Gasteiger partial charge in [-0.05, 0) is 49.9 Å². The van der Waals surface area contributed by atoms with Crippen molar-refractivity contribution in [1.82, 2.24) is 4.57 Å². The van der Waals surface area contributed by atoms with Crippen molar-refractivity contribution < 1.29 is 9.53 Å². The van der Waals surface area contributed by atoms with Crippen LogP contribution in [0.4, 0.5) is 0 Å². The van der Waals surface area contributed by atoms with Gasteiger partial charge in [0.2, 0.25) is 0 Å². The first-order valence-corrected chi connectivity index (χ1v) is 8.81. The number of hydrogen-bond acceptors (Lipinski definition) is 3. The van der Waals surface area contributed by atoms with Gasteiger partial charge in [-0.25, -0.2) is 0 Å². The second-order valence-electron chi connectivity index (χ2n) is 6.99. The van der Waals surface area contributed by atoms with Crippen LogP contribution in [0.5, 0.6) is 0 Å². The fourth-order valence-corrected chi connectivity index (χ4v) is 5.84. The van der Waals surface area contributed by atoms with Gasteiger partial charge in [0.1, 0.15) is 0 Å². The molecule has 5 heteroatoms. The van der Waals surface area contributed by atoms with Gasteiger partial charge in [0.05, 0.1) is 12.0 Å². The summed E-state index contributed by atoms with van der Waals surface area (Å²) < 4.78 is 7.15. The lowest BCUT2D eigenvalue weighted by Gasteiger charge is -2.29. The Bertz CT molecular complexity index is 604. The van der Waals surface area contributed by atoms with Gasteiger partial charge in [0, 0.05) is 25.2 Å². The molecule has 0 N–H and O–H groups in total. The number of amides is 1. The van der Waals surface area contributed by atoms with Gasteiger partial charge in [-0.3, -0.25) is 4.79 Å². The van der Waals surface area contributed by atoms with E-state index in [9.17, 15) is 4.79 Å². The lowest BCUT2D eigenvalue weighted by Crippen LogP contribution is -2.33. The minimum atomic E-state index is -0.101. The highest BCUT2D eigenvalue weighted by atomic mass is 32.1. The number of carbonyl (C=O) groups is 1. The number of carbonyl (C=O) groups excluding carboxylic acids is 1. The topological polar surface area (TPSA) is 43.6 Å². The van der Waals surface area contributed by atoms with Gasteiger partial charge in [-0.15, -0.1) is 11.3 Å². The van der Waals surface area contributed by atoms with Crippen LogP contribution in [0.2, 0.25) is 0 Å². The summed E-state index contributed by atoms with van der Waals surface area (Å²) in [7, 11) is 1.70. The predicted molar refractivity (Wildman–Crippen MR) is 80.7 cm³/mol. The lowest BCUT2D eigenvalue weighted by molar-refractivity contribution is -0.129. The van der Waals surface area contributed by atoms with Gasteiger partial charge in [0.15, 0.2) is 4.80 Å². The van der Waals surface area contributed by atoms with E-state index in [1.807, 2.05) is 16.1 Å². The number of thiazole rings is 1. The molecule has 1 heterocycles. The molecule has 5 rings (SSSR count). The quantitative estimate of drug-likeness (QED) is 0.857. The summed E-state index contributed by atoms with van der Waals surface area (Å²) in [5.74, 6) is 2.37. The molecule has 21 heavy (non-hydrogen) atoms. The highest BCUT2D eigenvalue weighted by Gasteiger charge is 2.61. The molecule has 4 aliphatic rings. The predicted octanol–water partition coefficient (Wildman–Crippen LogP) is 2.45. The minimum Gasteiger partial charge on any atom is -0.383 e. The largest absolute Gasteiger partial charge is 0.383 e. The number of methoxy groups -OCH3 is 1. The third kappa shape index (κ3) is 2.13. The number of hydrogen-bond donors (Lipinski definition) is 0. The van der Waals surface area contributed by atoms with Crippen molar-refractivity contribution in [3.05, 3.63) is 16.4 Å². The van der Waals surface area contributed by atoms with E-state index in [4.69, 9.17) is 4.74 Å². The van der Waals surface area contributed by atoms with Crippen LogP contribution in [0.15, 0.2) is 16.6 Å². The molecule has 114 valence electrons. The van der Waals surface area contributed by atoms with E-state index in [1.165, 1.54) is 19.3 Å². The van der Waals surface area contributed by atoms with Crippen LogP contribution in [0, 0.1) is 23.2 Å². The lowest BCUT2D eigenvalue weighted by atomic mass is 9.75. The molecule has 4 nitrogen and oxygen atoms in total. The molecule has 4 fully saturated rings. The van der Waals surface area contributed by atoms with Gasteiger partial charge in [-0.1, -0.05) is 0 Å².